The minimum absolute atomic E-state index is 0.0458. The average Bonchev–Trinajstić information content (AvgIpc) is 2.85. The first-order valence-corrected chi connectivity index (χ1v) is 7.41. The molecule has 1 aliphatic heterocycles. The molecule has 0 radical (unpaired) electrons. The summed E-state index contributed by atoms with van der Waals surface area (Å²) in [7, 11) is -0.376. The van der Waals surface area contributed by atoms with Gasteiger partial charge in [-0.05, 0) is 13.3 Å². The van der Waals surface area contributed by atoms with E-state index in [2.05, 4.69) is 5.10 Å². The topological polar surface area (TPSA) is 64.4 Å². The van der Waals surface area contributed by atoms with E-state index in [1.165, 1.54) is 8.99 Å². The zero-order chi connectivity index (χ0) is 13.5. The van der Waals surface area contributed by atoms with Crippen LogP contribution in [0.2, 0.25) is 5.15 Å². The molecule has 102 valence electrons. The van der Waals surface area contributed by atoms with Crippen LogP contribution < -0.4 is 0 Å². The minimum atomic E-state index is -3.58. The second-order valence-corrected chi connectivity index (χ2v) is 6.57. The predicted molar refractivity (Wildman–Crippen MR) is 67.1 cm³/mol. The molecule has 0 N–H and O–H groups in total. The highest BCUT2D eigenvalue weighted by Crippen LogP contribution is 2.29. The van der Waals surface area contributed by atoms with Gasteiger partial charge in [0.25, 0.3) is 0 Å². The second-order valence-electron chi connectivity index (χ2n) is 4.34. The molecule has 1 atom stereocenters. The van der Waals surface area contributed by atoms with E-state index in [0.717, 1.165) is 0 Å². The molecule has 8 heteroatoms. The maximum atomic E-state index is 12.5. The van der Waals surface area contributed by atoms with Crippen molar-refractivity contribution in [2.75, 3.05) is 20.2 Å². The highest BCUT2D eigenvalue weighted by molar-refractivity contribution is 7.89. The van der Waals surface area contributed by atoms with Gasteiger partial charge in [0.2, 0.25) is 10.0 Å². The Hall–Kier alpha value is -0.630. The average molecular weight is 294 g/mol. The number of sulfonamides is 1. The van der Waals surface area contributed by atoms with Crippen LogP contribution in [-0.2, 0) is 21.8 Å². The van der Waals surface area contributed by atoms with Gasteiger partial charge in [0.05, 0.1) is 11.8 Å². The molecule has 0 amide bonds. The zero-order valence-electron chi connectivity index (χ0n) is 10.6. The fourth-order valence-corrected chi connectivity index (χ4v) is 4.33. The second kappa shape index (κ2) is 4.80. The minimum Gasteiger partial charge on any atom is -0.380 e. The summed E-state index contributed by atoms with van der Waals surface area (Å²) in [4.78, 5) is 0.100. The summed E-state index contributed by atoms with van der Waals surface area (Å²) in [6, 6.07) is 0. The Morgan fingerprint density at radius 2 is 2.17 bits per heavy atom. The van der Waals surface area contributed by atoms with E-state index in [1.54, 1.807) is 21.1 Å². The van der Waals surface area contributed by atoms with E-state index in [1.807, 2.05) is 0 Å². The van der Waals surface area contributed by atoms with Crippen LogP contribution >= 0.6 is 11.6 Å². The summed E-state index contributed by atoms with van der Waals surface area (Å²) in [6.45, 7) is 2.46. The number of ether oxygens (including phenoxy) is 1. The third-order valence-corrected chi connectivity index (χ3v) is 5.70. The van der Waals surface area contributed by atoms with Gasteiger partial charge in [-0.2, -0.15) is 9.40 Å². The van der Waals surface area contributed by atoms with Gasteiger partial charge < -0.3 is 4.74 Å². The first kappa shape index (κ1) is 13.8. The maximum Gasteiger partial charge on any atom is 0.248 e. The Labute approximate surface area is 112 Å². The van der Waals surface area contributed by atoms with Crippen molar-refractivity contribution in [3.8, 4) is 0 Å². The quantitative estimate of drug-likeness (QED) is 0.826. The lowest BCUT2D eigenvalue weighted by atomic mass is 10.3. The van der Waals surface area contributed by atoms with Crippen LogP contribution in [0.5, 0.6) is 0 Å². The van der Waals surface area contributed by atoms with E-state index in [4.69, 9.17) is 16.3 Å². The van der Waals surface area contributed by atoms with E-state index >= 15 is 0 Å². The molecule has 0 saturated carbocycles. The Kier molecular flexibility index (Phi) is 3.68. The van der Waals surface area contributed by atoms with Crippen molar-refractivity contribution in [2.45, 2.75) is 24.3 Å². The molecule has 1 saturated heterocycles. The number of halogens is 1. The Balaban J connectivity index is 2.37. The van der Waals surface area contributed by atoms with Gasteiger partial charge in [-0.15, -0.1) is 0 Å². The fourth-order valence-electron chi connectivity index (χ4n) is 2.14. The van der Waals surface area contributed by atoms with Crippen molar-refractivity contribution < 1.29 is 13.2 Å². The SMILES string of the molecule is CO[C@@H]1CCN(S(=O)(=O)c2c(C)nn(C)c2Cl)C1. The van der Waals surface area contributed by atoms with Gasteiger partial charge in [0.1, 0.15) is 10.0 Å². The molecule has 18 heavy (non-hydrogen) atoms. The number of aryl methyl sites for hydroxylation is 2. The molecule has 1 aliphatic rings. The van der Waals surface area contributed by atoms with Crippen molar-refractivity contribution in [1.82, 2.24) is 14.1 Å². The van der Waals surface area contributed by atoms with Crippen molar-refractivity contribution in [2.24, 2.45) is 7.05 Å². The van der Waals surface area contributed by atoms with Crippen molar-refractivity contribution in [1.29, 1.82) is 0 Å². The Bertz CT molecular complexity index is 555. The van der Waals surface area contributed by atoms with Crippen LogP contribution in [0, 0.1) is 6.92 Å². The summed E-state index contributed by atoms with van der Waals surface area (Å²) < 4.78 is 32.9. The van der Waals surface area contributed by atoms with Crippen molar-refractivity contribution >= 4 is 21.6 Å². The van der Waals surface area contributed by atoms with E-state index in [0.29, 0.717) is 25.2 Å². The predicted octanol–water partition coefficient (Wildman–Crippen LogP) is 0.791. The summed E-state index contributed by atoms with van der Waals surface area (Å²) in [6.07, 6.45) is 0.655. The van der Waals surface area contributed by atoms with Gasteiger partial charge in [-0.1, -0.05) is 11.6 Å². The molecule has 0 aromatic carbocycles. The smallest absolute Gasteiger partial charge is 0.248 e. The van der Waals surface area contributed by atoms with Crippen LogP contribution in [0.25, 0.3) is 0 Å². The van der Waals surface area contributed by atoms with Crippen LogP contribution in [0.4, 0.5) is 0 Å². The molecule has 0 aliphatic carbocycles. The third kappa shape index (κ3) is 2.16. The molecule has 1 aromatic rings. The zero-order valence-corrected chi connectivity index (χ0v) is 12.1. The molecule has 6 nitrogen and oxygen atoms in total. The first-order valence-electron chi connectivity index (χ1n) is 5.60. The highest BCUT2D eigenvalue weighted by atomic mass is 35.5. The lowest BCUT2D eigenvalue weighted by Gasteiger charge is -2.16. The highest BCUT2D eigenvalue weighted by Gasteiger charge is 2.36. The number of nitrogens with zero attached hydrogens (tertiary/aromatic N) is 3. The monoisotopic (exact) mass is 293 g/mol. The summed E-state index contributed by atoms with van der Waals surface area (Å²) >= 11 is 6.01. The Morgan fingerprint density at radius 3 is 2.61 bits per heavy atom. The molecule has 0 unspecified atom stereocenters. The van der Waals surface area contributed by atoms with Crippen LogP contribution in [0.15, 0.2) is 4.90 Å². The molecule has 1 fully saturated rings. The normalized spacial score (nSPS) is 21.7. The largest absolute Gasteiger partial charge is 0.380 e. The molecule has 0 spiro atoms. The van der Waals surface area contributed by atoms with E-state index < -0.39 is 10.0 Å². The van der Waals surface area contributed by atoms with Crippen molar-refractivity contribution in [3.63, 3.8) is 0 Å². The van der Waals surface area contributed by atoms with Gasteiger partial charge in [-0.3, -0.25) is 4.68 Å². The molecular formula is C10H16ClN3O3S. The maximum absolute atomic E-state index is 12.5. The molecule has 2 heterocycles. The summed E-state index contributed by atoms with van der Waals surface area (Å²) in [5, 5.41) is 4.18. The number of aromatic nitrogens is 2. The van der Waals surface area contributed by atoms with Gasteiger partial charge in [0.15, 0.2) is 0 Å². The van der Waals surface area contributed by atoms with E-state index in [9.17, 15) is 8.42 Å². The van der Waals surface area contributed by atoms with Crippen LogP contribution in [0.1, 0.15) is 12.1 Å². The number of hydrogen-bond acceptors (Lipinski definition) is 4. The number of rotatable bonds is 3. The van der Waals surface area contributed by atoms with Crippen molar-refractivity contribution in [3.05, 3.63) is 10.8 Å². The van der Waals surface area contributed by atoms with Gasteiger partial charge >= 0.3 is 0 Å². The van der Waals surface area contributed by atoms with Gasteiger partial charge in [-0.25, -0.2) is 8.42 Å². The third-order valence-electron chi connectivity index (χ3n) is 3.14. The summed E-state index contributed by atoms with van der Waals surface area (Å²) in [5.41, 5.74) is 0.420. The summed E-state index contributed by atoms with van der Waals surface area (Å²) in [5.74, 6) is 0. The molecule has 0 bridgehead atoms. The molecule has 2 rings (SSSR count). The van der Waals surface area contributed by atoms with E-state index in [-0.39, 0.29) is 16.2 Å². The Morgan fingerprint density at radius 1 is 1.50 bits per heavy atom. The number of hydrogen-bond donors (Lipinski definition) is 0. The van der Waals surface area contributed by atoms with Gasteiger partial charge in [0, 0.05) is 27.2 Å². The van der Waals surface area contributed by atoms with Crippen LogP contribution in [-0.4, -0.2) is 48.8 Å². The first-order chi connectivity index (χ1) is 8.37. The molecular weight excluding hydrogens is 278 g/mol. The number of methoxy groups -OCH3 is 1. The lowest BCUT2D eigenvalue weighted by molar-refractivity contribution is 0.115. The fraction of sp³-hybridized carbons (Fsp3) is 0.700. The van der Waals surface area contributed by atoms with Crippen LogP contribution in [0.3, 0.4) is 0 Å². The standard InChI is InChI=1S/C10H16ClN3O3S/c1-7-9(10(11)13(2)12-7)18(15,16)14-5-4-8(6-14)17-3/h8H,4-6H2,1-3H3/t8-/m1/s1. The molecule has 1 aromatic heterocycles. The lowest BCUT2D eigenvalue weighted by Crippen LogP contribution is -2.30.